The molecule has 1 aromatic carbocycles. The largest absolute Gasteiger partial charge is 0.486 e. The first-order chi connectivity index (χ1) is 7.51. The van der Waals surface area contributed by atoms with Crippen molar-refractivity contribution in [2.45, 2.75) is 12.5 Å². The molecule has 0 amide bonds. The van der Waals surface area contributed by atoms with E-state index in [9.17, 15) is 9.90 Å². The number of carboxylic acid groups (broad SMARTS) is 1. The van der Waals surface area contributed by atoms with Gasteiger partial charge in [-0.2, -0.15) is 0 Å². The smallest absolute Gasteiger partial charge is 0.340 e. The van der Waals surface area contributed by atoms with Gasteiger partial charge in [0.15, 0.2) is 17.1 Å². The van der Waals surface area contributed by atoms with Crippen LogP contribution in [0.1, 0.15) is 12.5 Å². The number of ether oxygens (including phenoxy) is 2. The Morgan fingerprint density at radius 3 is 2.56 bits per heavy atom. The van der Waals surface area contributed by atoms with Crippen LogP contribution in [0.15, 0.2) is 18.2 Å². The lowest BCUT2D eigenvalue weighted by atomic mass is 9.96. The van der Waals surface area contributed by atoms with Crippen LogP contribution in [0.5, 0.6) is 11.5 Å². The predicted octanol–water partition coefficient (Wildman–Crippen LogP) is 0.750. The molecular formula is C11H12O5. The zero-order valence-electron chi connectivity index (χ0n) is 8.77. The topological polar surface area (TPSA) is 76.0 Å². The van der Waals surface area contributed by atoms with Gasteiger partial charge in [-0.25, -0.2) is 4.79 Å². The molecule has 1 aromatic rings. The molecule has 0 fully saturated rings. The lowest BCUT2D eigenvalue weighted by Crippen LogP contribution is -2.32. The highest BCUT2D eigenvalue weighted by atomic mass is 16.6. The summed E-state index contributed by atoms with van der Waals surface area (Å²) in [7, 11) is 0. The molecule has 0 saturated heterocycles. The number of carboxylic acids is 1. The second-order valence-corrected chi connectivity index (χ2v) is 3.74. The SMILES string of the molecule is CC(O)(C(=O)O)c1ccc2c(c1)OCCO2. The highest BCUT2D eigenvalue weighted by Gasteiger charge is 2.33. The third-order valence-electron chi connectivity index (χ3n) is 2.52. The maximum Gasteiger partial charge on any atom is 0.340 e. The number of aliphatic carboxylic acids is 1. The molecule has 5 nitrogen and oxygen atoms in total. The van der Waals surface area contributed by atoms with Gasteiger partial charge in [-0.3, -0.25) is 0 Å². The van der Waals surface area contributed by atoms with Crippen molar-refractivity contribution in [1.29, 1.82) is 0 Å². The fourth-order valence-electron chi connectivity index (χ4n) is 1.47. The van der Waals surface area contributed by atoms with Crippen molar-refractivity contribution < 1.29 is 24.5 Å². The number of carbonyl (C=O) groups is 1. The number of hydrogen-bond acceptors (Lipinski definition) is 4. The Morgan fingerprint density at radius 2 is 1.94 bits per heavy atom. The molecule has 1 aliphatic rings. The molecule has 2 rings (SSSR count). The Balaban J connectivity index is 2.40. The number of rotatable bonds is 2. The molecule has 0 radical (unpaired) electrons. The lowest BCUT2D eigenvalue weighted by Gasteiger charge is -2.23. The van der Waals surface area contributed by atoms with Gasteiger partial charge in [0.25, 0.3) is 0 Å². The minimum Gasteiger partial charge on any atom is -0.486 e. The third-order valence-corrected chi connectivity index (χ3v) is 2.52. The van der Waals surface area contributed by atoms with Gasteiger partial charge < -0.3 is 19.7 Å². The van der Waals surface area contributed by atoms with E-state index in [0.717, 1.165) is 0 Å². The van der Waals surface area contributed by atoms with Crippen molar-refractivity contribution in [1.82, 2.24) is 0 Å². The van der Waals surface area contributed by atoms with Gasteiger partial charge in [-0.05, 0) is 24.6 Å². The highest BCUT2D eigenvalue weighted by molar-refractivity contribution is 5.78. The van der Waals surface area contributed by atoms with Crippen molar-refractivity contribution in [3.8, 4) is 11.5 Å². The number of fused-ring (bicyclic) bond motifs is 1. The van der Waals surface area contributed by atoms with Crippen LogP contribution >= 0.6 is 0 Å². The summed E-state index contributed by atoms with van der Waals surface area (Å²) >= 11 is 0. The van der Waals surface area contributed by atoms with Crippen LogP contribution < -0.4 is 9.47 Å². The predicted molar refractivity (Wildman–Crippen MR) is 54.6 cm³/mol. The Hall–Kier alpha value is -1.75. The van der Waals surface area contributed by atoms with Crippen LogP contribution in [-0.4, -0.2) is 29.4 Å². The summed E-state index contributed by atoms with van der Waals surface area (Å²) < 4.78 is 10.6. The number of hydrogen-bond donors (Lipinski definition) is 2. The summed E-state index contributed by atoms with van der Waals surface area (Å²) in [5.74, 6) is -0.273. The molecule has 2 N–H and O–H groups in total. The highest BCUT2D eigenvalue weighted by Crippen LogP contribution is 2.34. The summed E-state index contributed by atoms with van der Waals surface area (Å²) in [6.45, 7) is 2.12. The molecule has 0 saturated carbocycles. The van der Waals surface area contributed by atoms with Gasteiger partial charge in [0.1, 0.15) is 13.2 Å². The normalized spacial score (nSPS) is 17.6. The Kier molecular flexibility index (Phi) is 2.47. The van der Waals surface area contributed by atoms with E-state index in [1.54, 1.807) is 6.07 Å². The van der Waals surface area contributed by atoms with Crippen molar-refractivity contribution in [3.63, 3.8) is 0 Å². The van der Waals surface area contributed by atoms with E-state index in [2.05, 4.69) is 0 Å². The summed E-state index contributed by atoms with van der Waals surface area (Å²) in [5, 5.41) is 18.6. The second-order valence-electron chi connectivity index (χ2n) is 3.74. The van der Waals surface area contributed by atoms with E-state index in [4.69, 9.17) is 14.6 Å². The molecule has 0 bridgehead atoms. The first-order valence-corrected chi connectivity index (χ1v) is 4.87. The van der Waals surface area contributed by atoms with Gasteiger partial charge in [0.05, 0.1) is 0 Å². The van der Waals surface area contributed by atoms with Crippen LogP contribution in [0.3, 0.4) is 0 Å². The molecule has 0 spiro atoms. The molecule has 1 unspecified atom stereocenters. The van der Waals surface area contributed by atoms with Crippen LogP contribution in [0.2, 0.25) is 0 Å². The molecule has 1 atom stereocenters. The third kappa shape index (κ3) is 1.69. The molecule has 1 heterocycles. The van der Waals surface area contributed by atoms with Gasteiger partial charge in [0, 0.05) is 0 Å². The average molecular weight is 224 g/mol. The average Bonchev–Trinajstić information content (AvgIpc) is 2.28. The van der Waals surface area contributed by atoms with Gasteiger partial charge in [-0.15, -0.1) is 0 Å². The molecule has 0 aliphatic carbocycles. The first-order valence-electron chi connectivity index (χ1n) is 4.87. The fraction of sp³-hybridized carbons (Fsp3) is 0.364. The van der Waals surface area contributed by atoms with E-state index in [-0.39, 0.29) is 5.56 Å². The molecular weight excluding hydrogens is 212 g/mol. The standard InChI is InChI=1S/C11H12O5/c1-11(14,10(12)13)7-2-3-8-9(6-7)16-5-4-15-8/h2-3,6,14H,4-5H2,1H3,(H,12,13). The Morgan fingerprint density at radius 1 is 1.31 bits per heavy atom. The molecule has 86 valence electrons. The van der Waals surface area contributed by atoms with E-state index in [1.807, 2.05) is 0 Å². The number of aliphatic hydroxyl groups is 1. The van der Waals surface area contributed by atoms with Gasteiger partial charge in [-0.1, -0.05) is 6.07 Å². The molecule has 1 aliphatic heterocycles. The summed E-state index contributed by atoms with van der Waals surface area (Å²) in [6.07, 6.45) is 0. The summed E-state index contributed by atoms with van der Waals surface area (Å²) in [5.41, 5.74) is -1.65. The zero-order chi connectivity index (χ0) is 11.8. The van der Waals surface area contributed by atoms with E-state index in [1.165, 1.54) is 19.1 Å². The lowest BCUT2D eigenvalue weighted by molar-refractivity contribution is -0.157. The maximum absolute atomic E-state index is 10.9. The van der Waals surface area contributed by atoms with Crippen LogP contribution in [-0.2, 0) is 10.4 Å². The Bertz CT molecular complexity index is 424. The molecule has 16 heavy (non-hydrogen) atoms. The van der Waals surface area contributed by atoms with Crippen molar-refractivity contribution in [2.24, 2.45) is 0 Å². The summed E-state index contributed by atoms with van der Waals surface area (Å²) in [6, 6.07) is 4.60. The van der Waals surface area contributed by atoms with Gasteiger partial charge >= 0.3 is 5.97 Å². The quantitative estimate of drug-likeness (QED) is 0.775. The van der Waals surface area contributed by atoms with E-state index >= 15 is 0 Å². The minimum absolute atomic E-state index is 0.268. The van der Waals surface area contributed by atoms with Crippen molar-refractivity contribution in [2.75, 3.05) is 13.2 Å². The van der Waals surface area contributed by atoms with Crippen LogP contribution in [0, 0.1) is 0 Å². The maximum atomic E-state index is 10.9. The minimum atomic E-state index is -1.92. The molecule has 5 heteroatoms. The monoisotopic (exact) mass is 224 g/mol. The first kappa shape index (κ1) is 10.8. The number of benzene rings is 1. The van der Waals surface area contributed by atoms with E-state index < -0.39 is 11.6 Å². The fourth-order valence-corrected chi connectivity index (χ4v) is 1.47. The Labute approximate surface area is 92.2 Å². The van der Waals surface area contributed by atoms with Crippen molar-refractivity contribution in [3.05, 3.63) is 23.8 Å². The van der Waals surface area contributed by atoms with Crippen LogP contribution in [0.4, 0.5) is 0 Å². The molecule has 0 aromatic heterocycles. The van der Waals surface area contributed by atoms with Crippen LogP contribution in [0.25, 0.3) is 0 Å². The van der Waals surface area contributed by atoms with E-state index in [0.29, 0.717) is 24.7 Å². The van der Waals surface area contributed by atoms with Crippen molar-refractivity contribution >= 4 is 5.97 Å². The summed E-state index contributed by atoms with van der Waals surface area (Å²) in [4.78, 5) is 10.9. The second kappa shape index (κ2) is 3.68. The zero-order valence-corrected chi connectivity index (χ0v) is 8.77. The van der Waals surface area contributed by atoms with Gasteiger partial charge in [0.2, 0.25) is 0 Å².